The van der Waals surface area contributed by atoms with Crippen LogP contribution >= 0.6 is 11.3 Å². The fraction of sp³-hybridized carbons (Fsp3) is 0.143. The molecule has 0 unspecified atom stereocenters. The van der Waals surface area contributed by atoms with Crippen molar-refractivity contribution in [3.05, 3.63) is 71.0 Å². The first-order valence-electron chi connectivity index (χ1n) is 8.86. The van der Waals surface area contributed by atoms with E-state index in [1.165, 1.54) is 11.3 Å². The average Bonchev–Trinajstić information content (AvgIpc) is 3.05. The molecule has 140 valence electrons. The molecule has 2 aromatic carbocycles. The number of anilines is 3. The van der Waals surface area contributed by atoms with Crippen molar-refractivity contribution in [3.63, 3.8) is 0 Å². The van der Waals surface area contributed by atoms with E-state index in [1.807, 2.05) is 69.3 Å². The Labute approximate surface area is 166 Å². The highest BCUT2D eigenvalue weighted by atomic mass is 32.1. The molecule has 2 heterocycles. The van der Waals surface area contributed by atoms with Crippen molar-refractivity contribution in [2.45, 2.75) is 20.8 Å². The van der Waals surface area contributed by atoms with Gasteiger partial charge in [0.25, 0.3) is 5.91 Å². The first kappa shape index (κ1) is 18.1. The van der Waals surface area contributed by atoms with Crippen molar-refractivity contribution in [1.29, 1.82) is 0 Å². The zero-order valence-electron chi connectivity index (χ0n) is 15.8. The van der Waals surface area contributed by atoms with E-state index in [0.29, 0.717) is 22.9 Å². The Kier molecular flexibility index (Phi) is 4.75. The third kappa shape index (κ3) is 3.57. The standard InChI is InChI=1S/C21H19N5OS/c1-12-8-4-5-9-15(12)24-19(27)18-13(2)22-20(23-14(18)3)26-21-25-16-10-6-7-11-17(16)28-21/h4-11H,1-3H3,(H,24,27)(H,22,23,25,26). The number of nitrogens with one attached hydrogen (secondary N) is 2. The minimum absolute atomic E-state index is 0.212. The summed E-state index contributed by atoms with van der Waals surface area (Å²) < 4.78 is 1.09. The Hall–Kier alpha value is -3.32. The number of carbonyl (C=O) groups excluding carboxylic acids is 1. The number of hydrogen-bond donors (Lipinski definition) is 2. The molecule has 0 atom stereocenters. The number of aromatic nitrogens is 3. The molecule has 1 amide bonds. The topological polar surface area (TPSA) is 79.8 Å². The lowest BCUT2D eigenvalue weighted by atomic mass is 10.1. The van der Waals surface area contributed by atoms with Gasteiger partial charge in [-0.05, 0) is 44.5 Å². The molecule has 0 aliphatic rings. The highest BCUT2D eigenvalue weighted by molar-refractivity contribution is 7.22. The summed E-state index contributed by atoms with van der Waals surface area (Å²) in [6.07, 6.45) is 0. The molecule has 0 spiro atoms. The molecule has 7 heteroatoms. The van der Waals surface area contributed by atoms with Crippen LogP contribution in [0.3, 0.4) is 0 Å². The summed E-state index contributed by atoms with van der Waals surface area (Å²) in [5.41, 5.74) is 4.42. The molecule has 0 saturated carbocycles. The van der Waals surface area contributed by atoms with E-state index in [-0.39, 0.29) is 5.91 Å². The smallest absolute Gasteiger partial charge is 0.259 e. The maximum atomic E-state index is 12.8. The summed E-state index contributed by atoms with van der Waals surface area (Å²) in [5, 5.41) is 6.82. The van der Waals surface area contributed by atoms with Crippen molar-refractivity contribution in [3.8, 4) is 0 Å². The molecule has 4 rings (SSSR count). The van der Waals surface area contributed by atoms with Crippen LogP contribution in [0.5, 0.6) is 0 Å². The third-order valence-corrected chi connectivity index (χ3v) is 5.36. The number of carbonyl (C=O) groups is 1. The molecular weight excluding hydrogens is 370 g/mol. The average molecular weight is 389 g/mol. The van der Waals surface area contributed by atoms with E-state index in [4.69, 9.17) is 0 Å². The molecule has 4 aromatic rings. The summed E-state index contributed by atoms with van der Waals surface area (Å²) in [6, 6.07) is 15.6. The van der Waals surface area contributed by atoms with Crippen LogP contribution in [0.15, 0.2) is 48.5 Å². The van der Waals surface area contributed by atoms with Crippen molar-refractivity contribution in [1.82, 2.24) is 15.0 Å². The van der Waals surface area contributed by atoms with Gasteiger partial charge in [0.15, 0.2) is 5.13 Å². The number of hydrogen-bond acceptors (Lipinski definition) is 6. The second-order valence-corrected chi connectivity index (χ2v) is 7.50. The lowest BCUT2D eigenvalue weighted by Crippen LogP contribution is -2.18. The van der Waals surface area contributed by atoms with Crippen molar-refractivity contribution in [2.24, 2.45) is 0 Å². The first-order chi connectivity index (χ1) is 13.5. The number of nitrogens with zero attached hydrogens (tertiary/aromatic N) is 3. The van der Waals surface area contributed by atoms with E-state index in [1.54, 1.807) is 0 Å². The minimum Gasteiger partial charge on any atom is -0.322 e. The molecule has 0 radical (unpaired) electrons. The minimum atomic E-state index is -0.212. The van der Waals surface area contributed by atoms with Gasteiger partial charge in [-0.3, -0.25) is 10.1 Å². The zero-order valence-corrected chi connectivity index (χ0v) is 16.6. The quantitative estimate of drug-likeness (QED) is 0.513. The Morgan fingerprint density at radius 2 is 1.57 bits per heavy atom. The van der Waals surface area contributed by atoms with Crippen LogP contribution in [-0.4, -0.2) is 20.9 Å². The SMILES string of the molecule is Cc1ccccc1NC(=O)c1c(C)nc(Nc2nc3ccccc3s2)nc1C. The molecule has 0 saturated heterocycles. The highest BCUT2D eigenvalue weighted by Crippen LogP contribution is 2.27. The van der Waals surface area contributed by atoms with Crippen LogP contribution in [-0.2, 0) is 0 Å². The molecule has 28 heavy (non-hydrogen) atoms. The number of thiazole rings is 1. The van der Waals surface area contributed by atoms with Crippen LogP contribution in [0.2, 0.25) is 0 Å². The van der Waals surface area contributed by atoms with Crippen molar-refractivity contribution >= 4 is 44.2 Å². The largest absolute Gasteiger partial charge is 0.322 e. The maximum Gasteiger partial charge on any atom is 0.259 e. The fourth-order valence-electron chi connectivity index (χ4n) is 3.02. The van der Waals surface area contributed by atoms with Gasteiger partial charge in [0.1, 0.15) is 0 Å². The van der Waals surface area contributed by atoms with E-state index in [2.05, 4.69) is 25.6 Å². The predicted octanol–water partition coefficient (Wildman–Crippen LogP) is 5.01. The van der Waals surface area contributed by atoms with Gasteiger partial charge in [0.05, 0.1) is 27.2 Å². The van der Waals surface area contributed by atoms with Crippen LogP contribution in [0, 0.1) is 20.8 Å². The second-order valence-electron chi connectivity index (χ2n) is 6.47. The monoisotopic (exact) mass is 389 g/mol. The van der Waals surface area contributed by atoms with Crippen molar-refractivity contribution < 1.29 is 4.79 Å². The van der Waals surface area contributed by atoms with E-state index >= 15 is 0 Å². The first-order valence-corrected chi connectivity index (χ1v) is 9.68. The van der Waals surface area contributed by atoms with Crippen LogP contribution < -0.4 is 10.6 Å². The lowest BCUT2D eigenvalue weighted by Gasteiger charge is -2.12. The number of rotatable bonds is 4. The van der Waals surface area contributed by atoms with Crippen LogP contribution in [0.4, 0.5) is 16.8 Å². The Bertz CT molecular complexity index is 1130. The molecule has 0 aliphatic heterocycles. The maximum absolute atomic E-state index is 12.8. The predicted molar refractivity (Wildman–Crippen MR) is 114 cm³/mol. The third-order valence-electron chi connectivity index (χ3n) is 4.40. The molecule has 0 bridgehead atoms. The number of para-hydroxylation sites is 2. The van der Waals surface area contributed by atoms with Gasteiger partial charge in [-0.25, -0.2) is 15.0 Å². The Morgan fingerprint density at radius 3 is 2.29 bits per heavy atom. The van der Waals surface area contributed by atoms with Gasteiger partial charge in [-0.1, -0.05) is 41.7 Å². The molecule has 6 nitrogen and oxygen atoms in total. The van der Waals surface area contributed by atoms with Gasteiger partial charge >= 0.3 is 0 Å². The highest BCUT2D eigenvalue weighted by Gasteiger charge is 2.17. The molecular formula is C21H19N5OS. The van der Waals surface area contributed by atoms with Gasteiger partial charge in [-0.2, -0.15) is 0 Å². The molecule has 0 aliphatic carbocycles. The van der Waals surface area contributed by atoms with E-state index in [9.17, 15) is 4.79 Å². The molecule has 2 aromatic heterocycles. The number of amides is 1. The van der Waals surface area contributed by atoms with Crippen LogP contribution in [0.25, 0.3) is 10.2 Å². The molecule has 0 fully saturated rings. The van der Waals surface area contributed by atoms with Gasteiger partial charge in [-0.15, -0.1) is 0 Å². The summed E-state index contributed by atoms with van der Waals surface area (Å²) in [6.45, 7) is 5.58. The zero-order chi connectivity index (χ0) is 19.7. The van der Waals surface area contributed by atoms with Crippen LogP contribution in [0.1, 0.15) is 27.3 Å². The lowest BCUT2D eigenvalue weighted by molar-refractivity contribution is 0.102. The number of benzene rings is 2. The summed E-state index contributed by atoms with van der Waals surface area (Å²) in [5.74, 6) is 0.220. The second kappa shape index (κ2) is 7.36. The summed E-state index contributed by atoms with van der Waals surface area (Å²) >= 11 is 1.54. The van der Waals surface area contributed by atoms with E-state index in [0.717, 1.165) is 26.6 Å². The number of aryl methyl sites for hydroxylation is 3. The van der Waals surface area contributed by atoms with Gasteiger partial charge in [0, 0.05) is 5.69 Å². The molecule has 2 N–H and O–H groups in total. The van der Waals surface area contributed by atoms with E-state index < -0.39 is 0 Å². The van der Waals surface area contributed by atoms with Crippen molar-refractivity contribution in [2.75, 3.05) is 10.6 Å². The van der Waals surface area contributed by atoms with Gasteiger partial charge in [0.2, 0.25) is 5.95 Å². The Balaban J connectivity index is 1.59. The normalized spacial score (nSPS) is 10.8. The Morgan fingerprint density at radius 1 is 0.893 bits per heavy atom. The summed E-state index contributed by atoms with van der Waals surface area (Å²) in [7, 11) is 0. The number of fused-ring (bicyclic) bond motifs is 1. The fourth-order valence-corrected chi connectivity index (χ4v) is 3.88. The summed E-state index contributed by atoms with van der Waals surface area (Å²) in [4.78, 5) is 26.2. The van der Waals surface area contributed by atoms with Gasteiger partial charge < -0.3 is 5.32 Å².